The van der Waals surface area contributed by atoms with E-state index in [1.807, 2.05) is 0 Å². The molecular formula is C6H12Cl2O. The Hall–Kier alpha value is 0.540. The molecule has 1 N–H and O–H groups in total. The van der Waals surface area contributed by atoms with E-state index in [-0.39, 0.29) is 11.5 Å². The van der Waals surface area contributed by atoms with E-state index in [4.69, 9.17) is 28.3 Å². The summed E-state index contributed by atoms with van der Waals surface area (Å²) in [5, 5.41) is 8.81. The fourth-order valence-electron chi connectivity index (χ4n) is 0.499. The zero-order chi connectivity index (χ0) is 7.28. The molecule has 0 heterocycles. The summed E-state index contributed by atoms with van der Waals surface area (Å²) in [6.07, 6.45) is 1.28. The van der Waals surface area contributed by atoms with Gasteiger partial charge >= 0.3 is 0 Å². The minimum Gasteiger partial charge on any atom is -0.393 e. The average molecular weight is 171 g/mol. The summed E-state index contributed by atoms with van der Waals surface area (Å²) in [7, 11) is 0. The number of hydrogen-bond acceptors (Lipinski definition) is 1. The molecule has 0 fully saturated rings. The van der Waals surface area contributed by atoms with Crippen LogP contribution >= 0.6 is 23.2 Å². The third kappa shape index (κ3) is 6.42. The van der Waals surface area contributed by atoms with Crippen molar-refractivity contribution in [2.75, 3.05) is 5.88 Å². The molecule has 0 aromatic heterocycles. The molecule has 0 aromatic carbocycles. The normalized spacial score (nSPS) is 17.3. The fraction of sp³-hybridized carbons (Fsp3) is 1.00. The average Bonchev–Trinajstić information content (AvgIpc) is 1.83. The Balaban J connectivity index is 3.06. The molecule has 0 radical (unpaired) electrons. The topological polar surface area (TPSA) is 20.2 Å². The predicted octanol–water partition coefficient (Wildman–Crippen LogP) is 1.99. The first-order valence-corrected chi connectivity index (χ1v) is 4.02. The van der Waals surface area contributed by atoms with Gasteiger partial charge in [0.15, 0.2) is 0 Å². The van der Waals surface area contributed by atoms with Gasteiger partial charge in [-0.25, -0.2) is 0 Å². The second-order valence-corrected chi connectivity index (χ2v) is 3.10. The minimum atomic E-state index is -0.255. The first-order chi connectivity index (χ1) is 4.16. The number of alkyl halides is 2. The Kier molecular flexibility index (Phi) is 5.65. The van der Waals surface area contributed by atoms with Crippen LogP contribution in [0.4, 0.5) is 0 Å². The maximum Gasteiger partial charge on any atom is 0.0512 e. The number of aliphatic hydroxyl groups excluding tert-OH is 1. The fourth-order valence-corrected chi connectivity index (χ4v) is 0.779. The van der Waals surface area contributed by atoms with E-state index >= 15 is 0 Å². The molecule has 0 saturated carbocycles. The second kappa shape index (κ2) is 5.33. The molecule has 0 rings (SSSR count). The van der Waals surface area contributed by atoms with Gasteiger partial charge in [-0.2, -0.15) is 0 Å². The van der Waals surface area contributed by atoms with Gasteiger partial charge in [0, 0.05) is 11.3 Å². The van der Waals surface area contributed by atoms with Crippen LogP contribution in [0.2, 0.25) is 0 Å². The third-order valence-electron chi connectivity index (χ3n) is 1.07. The summed E-state index contributed by atoms with van der Waals surface area (Å²) in [6, 6.07) is 0. The lowest BCUT2D eigenvalue weighted by molar-refractivity contribution is 0.181. The smallest absolute Gasteiger partial charge is 0.0512 e. The number of halogens is 2. The molecule has 2 unspecified atom stereocenters. The van der Waals surface area contributed by atoms with Crippen LogP contribution in [-0.2, 0) is 0 Å². The molecule has 0 bridgehead atoms. The molecule has 0 spiro atoms. The molecule has 0 aromatic rings. The molecule has 2 atom stereocenters. The van der Waals surface area contributed by atoms with Crippen LogP contribution in [-0.4, -0.2) is 22.5 Å². The Morgan fingerprint density at radius 2 is 2.00 bits per heavy atom. The van der Waals surface area contributed by atoms with Crippen LogP contribution in [0.5, 0.6) is 0 Å². The minimum absolute atomic E-state index is 0.0151. The van der Waals surface area contributed by atoms with E-state index in [1.54, 1.807) is 6.92 Å². The molecular weight excluding hydrogens is 159 g/mol. The summed E-state index contributed by atoms with van der Waals surface area (Å²) < 4.78 is 0. The molecule has 0 saturated heterocycles. The highest BCUT2D eigenvalue weighted by atomic mass is 35.5. The summed E-state index contributed by atoms with van der Waals surface area (Å²) in [6.45, 7) is 1.75. The van der Waals surface area contributed by atoms with Gasteiger partial charge in [0.2, 0.25) is 0 Å². The lowest BCUT2D eigenvalue weighted by Gasteiger charge is -2.05. The Morgan fingerprint density at radius 1 is 1.44 bits per heavy atom. The Labute approximate surface area is 66.0 Å². The monoisotopic (exact) mass is 170 g/mol. The molecule has 0 aliphatic rings. The highest BCUT2D eigenvalue weighted by molar-refractivity contribution is 6.28. The Morgan fingerprint density at radius 3 is 2.33 bits per heavy atom. The van der Waals surface area contributed by atoms with Gasteiger partial charge < -0.3 is 5.11 Å². The van der Waals surface area contributed by atoms with Gasteiger partial charge in [0.05, 0.1) is 6.10 Å². The number of aliphatic hydroxyl groups is 1. The van der Waals surface area contributed by atoms with E-state index in [0.717, 1.165) is 12.8 Å². The standard InChI is InChI=1S/C6H12Cl2O/c1-5(9)2-3-6(8)4-7/h5-6,9H,2-4H2,1H3. The maximum atomic E-state index is 8.80. The molecule has 0 amide bonds. The van der Waals surface area contributed by atoms with Gasteiger partial charge in [0.25, 0.3) is 0 Å². The van der Waals surface area contributed by atoms with Crippen molar-refractivity contribution in [3.05, 3.63) is 0 Å². The lowest BCUT2D eigenvalue weighted by Crippen LogP contribution is -2.06. The van der Waals surface area contributed by atoms with Crippen molar-refractivity contribution in [3.63, 3.8) is 0 Å². The molecule has 9 heavy (non-hydrogen) atoms. The summed E-state index contributed by atoms with van der Waals surface area (Å²) in [4.78, 5) is 0. The van der Waals surface area contributed by atoms with E-state index in [0.29, 0.717) is 5.88 Å². The second-order valence-electron chi connectivity index (χ2n) is 2.18. The largest absolute Gasteiger partial charge is 0.393 e. The van der Waals surface area contributed by atoms with Crippen molar-refractivity contribution < 1.29 is 5.11 Å². The van der Waals surface area contributed by atoms with E-state index in [2.05, 4.69) is 0 Å². The summed E-state index contributed by atoms with van der Waals surface area (Å²) in [5.41, 5.74) is 0. The lowest BCUT2D eigenvalue weighted by atomic mass is 10.2. The van der Waals surface area contributed by atoms with Crippen molar-refractivity contribution in [1.29, 1.82) is 0 Å². The van der Waals surface area contributed by atoms with E-state index in [9.17, 15) is 0 Å². The number of rotatable bonds is 4. The molecule has 0 aliphatic carbocycles. The zero-order valence-corrected chi connectivity index (χ0v) is 6.99. The quantitative estimate of drug-likeness (QED) is 0.641. The predicted molar refractivity (Wildman–Crippen MR) is 41.3 cm³/mol. The summed E-state index contributed by atoms with van der Waals surface area (Å²) >= 11 is 11.1. The van der Waals surface area contributed by atoms with Crippen LogP contribution in [0.25, 0.3) is 0 Å². The van der Waals surface area contributed by atoms with Gasteiger partial charge in [-0.05, 0) is 19.8 Å². The van der Waals surface area contributed by atoms with Gasteiger partial charge in [-0.15, -0.1) is 23.2 Å². The third-order valence-corrected chi connectivity index (χ3v) is 1.97. The van der Waals surface area contributed by atoms with Crippen LogP contribution in [0.3, 0.4) is 0 Å². The van der Waals surface area contributed by atoms with Crippen LogP contribution in [0.15, 0.2) is 0 Å². The molecule has 56 valence electrons. The van der Waals surface area contributed by atoms with Gasteiger partial charge in [-0.3, -0.25) is 0 Å². The van der Waals surface area contributed by atoms with Crippen molar-refractivity contribution in [1.82, 2.24) is 0 Å². The van der Waals surface area contributed by atoms with Crippen molar-refractivity contribution in [3.8, 4) is 0 Å². The first kappa shape index (κ1) is 9.54. The van der Waals surface area contributed by atoms with Crippen LogP contribution < -0.4 is 0 Å². The van der Waals surface area contributed by atoms with Crippen LogP contribution in [0, 0.1) is 0 Å². The molecule has 3 heteroatoms. The SMILES string of the molecule is CC(O)CCC(Cl)CCl. The number of hydrogen-bond donors (Lipinski definition) is 1. The van der Waals surface area contributed by atoms with Crippen LogP contribution in [0.1, 0.15) is 19.8 Å². The van der Waals surface area contributed by atoms with E-state index in [1.165, 1.54) is 0 Å². The van der Waals surface area contributed by atoms with E-state index < -0.39 is 0 Å². The highest BCUT2D eigenvalue weighted by Crippen LogP contribution is 2.08. The van der Waals surface area contributed by atoms with Gasteiger partial charge in [-0.1, -0.05) is 0 Å². The molecule has 1 nitrogen and oxygen atoms in total. The van der Waals surface area contributed by atoms with Crippen molar-refractivity contribution in [2.24, 2.45) is 0 Å². The maximum absolute atomic E-state index is 8.80. The van der Waals surface area contributed by atoms with Crippen molar-refractivity contribution in [2.45, 2.75) is 31.2 Å². The van der Waals surface area contributed by atoms with Gasteiger partial charge in [0.1, 0.15) is 0 Å². The van der Waals surface area contributed by atoms with Crippen molar-refractivity contribution >= 4 is 23.2 Å². The molecule has 0 aliphatic heterocycles. The first-order valence-electron chi connectivity index (χ1n) is 3.05. The summed E-state index contributed by atoms with van der Waals surface area (Å²) in [5.74, 6) is 0.467. The Bertz CT molecular complexity index is 66.1. The zero-order valence-electron chi connectivity index (χ0n) is 5.48. The highest BCUT2D eigenvalue weighted by Gasteiger charge is 2.03.